The summed E-state index contributed by atoms with van der Waals surface area (Å²) in [5, 5.41) is 7.70. The fourth-order valence-corrected chi connectivity index (χ4v) is 2.94. The molecular formula is C14H21ClN4O2. The number of halogens is 1. The van der Waals surface area contributed by atoms with Crippen molar-refractivity contribution >= 4 is 17.3 Å². The van der Waals surface area contributed by atoms with E-state index in [4.69, 9.17) is 16.3 Å². The molecule has 1 atom stereocenters. The molecule has 1 saturated heterocycles. The Kier molecular flexibility index (Phi) is 4.47. The zero-order chi connectivity index (χ0) is 14.8. The first-order chi connectivity index (χ1) is 10.2. The maximum absolute atomic E-state index is 12.6. The Morgan fingerprint density at radius 3 is 3.05 bits per heavy atom. The van der Waals surface area contributed by atoms with E-state index in [9.17, 15) is 4.79 Å². The number of nitrogens with one attached hydrogen (secondary N) is 1. The number of morpholine rings is 1. The highest BCUT2D eigenvalue weighted by Crippen LogP contribution is 2.30. The van der Waals surface area contributed by atoms with Crippen molar-refractivity contribution in [3.8, 4) is 0 Å². The van der Waals surface area contributed by atoms with Gasteiger partial charge in [0.15, 0.2) is 0 Å². The van der Waals surface area contributed by atoms with Crippen LogP contribution in [0.2, 0.25) is 5.02 Å². The number of hydrogen-bond acceptors (Lipinski definition) is 5. The van der Waals surface area contributed by atoms with E-state index in [-0.39, 0.29) is 11.7 Å². The van der Waals surface area contributed by atoms with Gasteiger partial charge in [-0.25, -0.2) is 4.68 Å². The zero-order valence-electron chi connectivity index (χ0n) is 12.2. The second kappa shape index (κ2) is 6.34. The van der Waals surface area contributed by atoms with Crippen LogP contribution >= 0.6 is 11.6 Å². The van der Waals surface area contributed by atoms with Gasteiger partial charge >= 0.3 is 0 Å². The lowest BCUT2D eigenvalue weighted by molar-refractivity contribution is 0.0420. The van der Waals surface area contributed by atoms with Gasteiger partial charge in [-0.15, -0.1) is 0 Å². The molecule has 1 N–H and O–H groups in total. The van der Waals surface area contributed by atoms with E-state index in [0.717, 1.165) is 6.54 Å². The fraction of sp³-hybridized carbons (Fsp3) is 0.714. The Morgan fingerprint density at radius 1 is 1.52 bits per heavy atom. The lowest BCUT2D eigenvalue weighted by atomic mass is 10.2. The van der Waals surface area contributed by atoms with Crippen molar-refractivity contribution in [3.05, 3.63) is 21.6 Å². The van der Waals surface area contributed by atoms with Gasteiger partial charge in [-0.1, -0.05) is 11.6 Å². The maximum Gasteiger partial charge on any atom is 0.291 e. The van der Waals surface area contributed by atoms with Crippen LogP contribution in [0, 0.1) is 5.92 Å². The highest BCUT2D eigenvalue weighted by atomic mass is 35.5. The SMILES string of the molecule is CNCC1CN(c2c(Cl)cnn(CC3CC3)c2=O)CCO1. The summed E-state index contributed by atoms with van der Waals surface area (Å²) in [6, 6.07) is 0. The van der Waals surface area contributed by atoms with Crippen LogP contribution in [0.1, 0.15) is 12.8 Å². The highest BCUT2D eigenvalue weighted by molar-refractivity contribution is 6.33. The lowest BCUT2D eigenvalue weighted by Crippen LogP contribution is -2.48. The molecule has 116 valence electrons. The van der Waals surface area contributed by atoms with Crippen LogP contribution < -0.4 is 15.8 Å². The Bertz CT molecular complexity index is 556. The number of aromatic nitrogens is 2. The molecule has 2 fully saturated rings. The third-order valence-corrected chi connectivity index (χ3v) is 4.27. The predicted octanol–water partition coefficient (Wildman–Crippen LogP) is 0.731. The Balaban J connectivity index is 1.84. The Labute approximate surface area is 129 Å². The van der Waals surface area contributed by atoms with Crippen molar-refractivity contribution in [2.75, 3.05) is 38.2 Å². The first-order valence-electron chi connectivity index (χ1n) is 7.46. The van der Waals surface area contributed by atoms with Crippen molar-refractivity contribution in [3.63, 3.8) is 0 Å². The molecule has 1 saturated carbocycles. The average Bonchev–Trinajstić information content (AvgIpc) is 3.27. The third-order valence-electron chi connectivity index (χ3n) is 3.99. The van der Waals surface area contributed by atoms with Crippen LogP contribution in [0.15, 0.2) is 11.0 Å². The van der Waals surface area contributed by atoms with Gasteiger partial charge < -0.3 is 15.0 Å². The predicted molar refractivity (Wildman–Crippen MR) is 82.1 cm³/mol. The summed E-state index contributed by atoms with van der Waals surface area (Å²) in [5.74, 6) is 0.603. The van der Waals surface area contributed by atoms with Crippen LogP contribution in [0.5, 0.6) is 0 Å². The van der Waals surface area contributed by atoms with E-state index in [2.05, 4.69) is 10.4 Å². The molecule has 6 nitrogen and oxygen atoms in total. The summed E-state index contributed by atoms with van der Waals surface area (Å²) in [7, 11) is 1.89. The molecule has 1 aliphatic carbocycles. The number of ether oxygens (including phenoxy) is 1. The van der Waals surface area contributed by atoms with E-state index in [1.807, 2.05) is 11.9 Å². The Hall–Kier alpha value is -1.11. The van der Waals surface area contributed by atoms with Crippen LogP contribution in [0.25, 0.3) is 0 Å². The van der Waals surface area contributed by atoms with Crippen LogP contribution in [0.3, 0.4) is 0 Å². The average molecular weight is 313 g/mol. The molecule has 0 spiro atoms. The van der Waals surface area contributed by atoms with Crippen LogP contribution in [0.4, 0.5) is 5.69 Å². The van der Waals surface area contributed by atoms with Crippen molar-refractivity contribution < 1.29 is 4.74 Å². The van der Waals surface area contributed by atoms with Crippen LogP contribution in [-0.2, 0) is 11.3 Å². The summed E-state index contributed by atoms with van der Waals surface area (Å²) in [4.78, 5) is 14.7. The molecule has 3 rings (SSSR count). The minimum atomic E-state index is -0.0838. The molecule has 2 heterocycles. The molecule has 21 heavy (non-hydrogen) atoms. The summed E-state index contributed by atoms with van der Waals surface area (Å²) >= 11 is 6.24. The van der Waals surface area contributed by atoms with Gasteiger partial charge in [0.2, 0.25) is 0 Å². The highest BCUT2D eigenvalue weighted by Gasteiger charge is 2.27. The van der Waals surface area contributed by atoms with Gasteiger partial charge in [0.05, 0.1) is 23.9 Å². The molecule has 0 amide bonds. The molecule has 2 aliphatic rings. The first-order valence-corrected chi connectivity index (χ1v) is 7.83. The lowest BCUT2D eigenvalue weighted by Gasteiger charge is -2.34. The molecular weight excluding hydrogens is 292 g/mol. The molecule has 1 aliphatic heterocycles. The first kappa shape index (κ1) is 14.8. The summed E-state index contributed by atoms with van der Waals surface area (Å²) < 4.78 is 7.24. The van der Waals surface area contributed by atoms with E-state index in [1.54, 1.807) is 10.9 Å². The minimum Gasteiger partial charge on any atom is -0.373 e. The summed E-state index contributed by atoms with van der Waals surface area (Å²) in [6.07, 6.45) is 4.04. The van der Waals surface area contributed by atoms with Crippen molar-refractivity contribution in [2.24, 2.45) is 5.92 Å². The molecule has 0 radical (unpaired) electrons. The monoisotopic (exact) mass is 312 g/mol. The number of hydrogen-bond donors (Lipinski definition) is 1. The van der Waals surface area contributed by atoms with Crippen molar-refractivity contribution in [1.82, 2.24) is 15.1 Å². The second-order valence-electron chi connectivity index (χ2n) is 5.77. The minimum absolute atomic E-state index is 0.0734. The normalized spacial score (nSPS) is 22.6. The molecule has 0 aromatic carbocycles. The standard InChI is InChI=1S/C14H21ClN4O2/c1-16-6-11-9-18(4-5-21-11)13-12(15)7-17-19(14(13)20)8-10-2-3-10/h7,10-11,16H,2-6,8-9H2,1H3. The van der Waals surface area contributed by atoms with Gasteiger partial charge in [-0.05, 0) is 25.8 Å². The Morgan fingerprint density at radius 2 is 2.33 bits per heavy atom. The molecule has 1 unspecified atom stereocenters. The summed E-state index contributed by atoms with van der Waals surface area (Å²) in [5.41, 5.74) is 0.483. The van der Waals surface area contributed by atoms with E-state index < -0.39 is 0 Å². The van der Waals surface area contributed by atoms with E-state index >= 15 is 0 Å². The largest absolute Gasteiger partial charge is 0.373 e. The molecule has 0 bridgehead atoms. The van der Waals surface area contributed by atoms with Crippen molar-refractivity contribution in [1.29, 1.82) is 0 Å². The topological polar surface area (TPSA) is 59.4 Å². The van der Waals surface area contributed by atoms with Gasteiger partial charge in [0, 0.05) is 26.2 Å². The van der Waals surface area contributed by atoms with Crippen molar-refractivity contribution in [2.45, 2.75) is 25.5 Å². The van der Waals surface area contributed by atoms with Gasteiger partial charge in [-0.3, -0.25) is 4.79 Å². The third kappa shape index (κ3) is 3.39. The van der Waals surface area contributed by atoms with Gasteiger partial charge in [0.25, 0.3) is 5.56 Å². The molecule has 7 heteroatoms. The number of nitrogens with zero attached hydrogens (tertiary/aromatic N) is 3. The second-order valence-corrected chi connectivity index (χ2v) is 6.18. The molecule has 1 aromatic rings. The number of rotatable bonds is 5. The zero-order valence-corrected chi connectivity index (χ0v) is 13.0. The fourth-order valence-electron chi connectivity index (χ4n) is 2.69. The van der Waals surface area contributed by atoms with Gasteiger partial charge in [0.1, 0.15) is 5.69 Å². The smallest absolute Gasteiger partial charge is 0.291 e. The quantitative estimate of drug-likeness (QED) is 0.868. The van der Waals surface area contributed by atoms with Gasteiger partial charge in [-0.2, -0.15) is 5.10 Å². The van der Waals surface area contributed by atoms with E-state index in [0.29, 0.717) is 42.9 Å². The van der Waals surface area contributed by atoms with E-state index in [1.165, 1.54) is 12.8 Å². The molecule has 1 aromatic heterocycles. The number of likely N-dealkylation sites (N-methyl/N-ethyl adjacent to an activating group) is 1. The maximum atomic E-state index is 12.6. The van der Waals surface area contributed by atoms with Crippen LogP contribution in [-0.4, -0.2) is 49.2 Å². The summed E-state index contributed by atoms with van der Waals surface area (Å²) in [6.45, 7) is 3.42. The number of anilines is 1.